The minimum absolute atomic E-state index is 0.106. The van der Waals surface area contributed by atoms with Gasteiger partial charge in [-0.3, -0.25) is 14.8 Å². The maximum absolute atomic E-state index is 10.9. The molecule has 0 radical (unpaired) electrons. The predicted octanol–water partition coefficient (Wildman–Crippen LogP) is 1.01. The second-order valence-corrected chi connectivity index (χ2v) is 3.63. The molecule has 0 saturated carbocycles. The quantitative estimate of drug-likeness (QED) is 0.596. The Hall–Kier alpha value is -1.43. The molecule has 0 aliphatic carbocycles. The monoisotopic (exact) mass is 212 g/mol. The van der Waals surface area contributed by atoms with Gasteiger partial charge < -0.3 is 5.73 Å². The molecular weight excluding hydrogens is 196 g/mol. The highest BCUT2D eigenvalue weighted by Crippen LogP contribution is 2.23. The van der Waals surface area contributed by atoms with Crippen LogP contribution in [0.1, 0.15) is 25.2 Å². The summed E-state index contributed by atoms with van der Waals surface area (Å²) in [5, 5.41) is 15.0. The number of nitrogens with two attached hydrogens (primary N) is 1. The highest BCUT2D eigenvalue weighted by molar-refractivity contribution is 5.40. The van der Waals surface area contributed by atoms with Gasteiger partial charge in [-0.1, -0.05) is 0 Å². The molecule has 1 heterocycles. The van der Waals surface area contributed by atoms with Crippen LogP contribution in [0.15, 0.2) is 0 Å². The lowest BCUT2D eigenvalue weighted by Gasteiger charge is -2.06. The third-order valence-electron chi connectivity index (χ3n) is 2.20. The van der Waals surface area contributed by atoms with Gasteiger partial charge in [-0.25, -0.2) is 0 Å². The first-order valence-corrected chi connectivity index (χ1v) is 4.93. The van der Waals surface area contributed by atoms with Gasteiger partial charge >= 0.3 is 5.69 Å². The zero-order valence-corrected chi connectivity index (χ0v) is 9.23. The summed E-state index contributed by atoms with van der Waals surface area (Å²) in [6.45, 7) is 6.00. The van der Waals surface area contributed by atoms with Crippen molar-refractivity contribution < 1.29 is 4.92 Å². The SMILES string of the molecule is CCn1nc(C)c([N+](=O)[O-])c1CC(C)N. The van der Waals surface area contributed by atoms with Crippen molar-refractivity contribution in [2.24, 2.45) is 5.73 Å². The molecule has 2 N–H and O–H groups in total. The Morgan fingerprint density at radius 1 is 1.67 bits per heavy atom. The van der Waals surface area contributed by atoms with Gasteiger partial charge in [0, 0.05) is 19.0 Å². The Labute approximate surface area is 88.2 Å². The van der Waals surface area contributed by atoms with E-state index in [1.807, 2.05) is 13.8 Å². The molecule has 0 bridgehead atoms. The largest absolute Gasteiger partial charge is 0.328 e. The first-order chi connectivity index (χ1) is 6.97. The lowest BCUT2D eigenvalue weighted by Crippen LogP contribution is -2.20. The molecule has 1 rings (SSSR count). The maximum Gasteiger partial charge on any atom is 0.313 e. The summed E-state index contributed by atoms with van der Waals surface area (Å²) < 4.78 is 1.65. The zero-order chi connectivity index (χ0) is 11.6. The van der Waals surface area contributed by atoms with Crippen LogP contribution in [-0.4, -0.2) is 20.7 Å². The smallest absolute Gasteiger partial charge is 0.313 e. The van der Waals surface area contributed by atoms with Crippen molar-refractivity contribution in [3.63, 3.8) is 0 Å². The van der Waals surface area contributed by atoms with Crippen molar-refractivity contribution in [2.75, 3.05) is 0 Å². The Kier molecular flexibility index (Phi) is 3.41. The molecule has 0 spiro atoms. The highest BCUT2D eigenvalue weighted by Gasteiger charge is 2.24. The van der Waals surface area contributed by atoms with Crippen molar-refractivity contribution in [1.29, 1.82) is 0 Å². The second kappa shape index (κ2) is 4.39. The van der Waals surface area contributed by atoms with Gasteiger partial charge in [0.1, 0.15) is 11.4 Å². The van der Waals surface area contributed by atoms with E-state index in [4.69, 9.17) is 5.73 Å². The summed E-state index contributed by atoms with van der Waals surface area (Å²) in [5.41, 5.74) is 6.84. The van der Waals surface area contributed by atoms with Gasteiger partial charge in [-0.05, 0) is 20.8 Å². The molecule has 84 valence electrons. The van der Waals surface area contributed by atoms with E-state index in [2.05, 4.69) is 5.10 Å². The van der Waals surface area contributed by atoms with E-state index in [1.54, 1.807) is 11.6 Å². The van der Waals surface area contributed by atoms with Gasteiger partial charge in [0.25, 0.3) is 0 Å². The number of aryl methyl sites for hydroxylation is 2. The summed E-state index contributed by atoms with van der Waals surface area (Å²) in [4.78, 5) is 10.5. The number of hydrogen-bond acceptors (Lipinski definition) is 4. The molecule has 6 nitrogen and oxygen atoms in total. The van der Waals surface area contributed by atoms with E-state index in [9.17, 15) is 10.1 Å². The van der Waals surface area contributed by atoms with E-state index in [0.717, 1.165) is 0 Å². The van der Waals surface area contributed by atoms with Gasteiger partial charge in [-0.15, -0.1) is 0 Å². The Morgan fingerprint density at radius 2 is 2.27 bits per heavy atom. The van der Waals surface area contributed by atoms with Gasteiger partial charge in [0.15, 0.2) is 0 Å². The molecule has 1 unspecified atom stereocenters. The van der Waals surface area contributed by atoms with Crippen LogP contribution >= 0.6 is 0 Å². The summed E-state index contributed by atoms with van der Waals surface area (Å²) >= 11 is 0. The predicted molar refractivity (Wildman–Crippen MR) is 56.6 cm³/mol. The second-order valence-electron chi connectivity index (χ2n) is 3.63. The average Bonchev–Trinajstić information content (AvgIpc) is 2.41. The van der Waals surface area contributed by atoms with E-state index < -0.39 is 0 Å². The minimum Gasteiger partial charge on any atom is -0.328 e. The van der Waals surface area contributed by atoms with Gasteiger partial charge in [0.05, 0.1) is 4.92 Å². The fraction of sp³-hybridized carbons (Fsp3) is 0.667. The lowest BCUT2D eigenvalue weighted by atomic mass is 10.1. The van der Waals surface area contributed by atoms with Crippen LogP contribution in [0.5, 0.6) is 0 Å². The number of nitrogens with zero attached hydrogens (tertiary/aromatic N) is 3. The van der Waals surface area contributed by atoms with E-state index >= 15 is 0 Å². The molecule has 1 atom stereocenters. The van der Waals surface area contributed by atoms with Crippen molar-refractivity contribution in [3.8, 4) is 0 Å². The third kappa shape index (κ3) is 2.33. The van der Waals surface area contributed by atoms with Gasteiger partial charge in [0.2, 0.25) is 0 Å². The summed E-state index contributed by atoms with van der Waals surface area (Å²) in [6.07, 6.45) is 0.477. The summed E-state index contributed by atoms with van der Waals surface area (Å²) in [7, 11) is 0. The molecule has 0 amide bonds. The highest BCUT2D eigenvalue weighted by atomic mass is 16.6. The lowest BCUT2D eigenvalue weighted by molar-refractivity contribution is -0.386. The molecule has 0 aliphatic heterocycles. The first kappa shape index (κ1) is 11.6. The number of nitro groups is 1. The molecule has 1 aromatic heterocycles. The molecular formula is C9H16N4O2. The van der Waals surface area contributed by atoms with Crippen LogP contribution in [0.2, 0.25) is 0 Å². The van der Waals surface area contributed by atoms with Crippen LogP contribution in [0.4, 0.5) is 5.69 Å². The zero-order valence-electron chi connectivity index (χ0n) is 9.23. The molecule has 15 heavy (non-hydrogen) atoms. The fourth-order valence-corrected chi connectivity index (χ4v) is 1.63. The number of hydrogen-bond donors (Lipinski definition) is 1. The first-order valence-electron chi connectivity index (χ1n) is 4.93. The number of rotatable bonds is 4. The number of aromatic nitrogens is 2. The van der Waals surface area contributed by atoms with Crippen LogP contribution in [-0.2, 0) is 13.0 Å². The third-order valence-corrected chi connectivity index (χ3v) is 2.20. The molecule has 0 aromatic carbocycles. The Bertz CT molecular complexity index is 370. The minimum atomic E-state index is -0.383. The van der Waals surface area contributed by atoms with Crippen LogP contribution in [0, 0.1) is 17.0 Å². The van der Waals surface area contributed by atoms with E-state index in [0.29, 0.717) is 24.4 Å². The Balaban J connectivity index is 3.23. The standard InChI is InChI=1S/C9H16N4O2/c1-4-12-8(5-6(2)10)9(13(14)15)7(3)11-12/h6H,4-5,10H2,1-3H3. The fourth-order valence-electron chi connectivity index (χ4n) is 1.63. The Morgan fingerprint density at radius 3 is 2.67 bits per heavy atom. The average molecular weight is 212 g/mol. The van der Waals surface area contributed by atoms with Crippen LogP contribution in [0.3, 0.4) is 0 Å². The maximum atomic E-state index is 10.9. The molecule has 0 fully saturated rings. The molecule has 0 aliphatic rings. The van der Waals surface area contributed by atoms with Crippen molar-refractivity contribution in [2.45, 2.75) is 39.8 Å². The summed E-state index contributed by atoms with van der Waals surface area (Å²) in [6, 6.07) is -0.106. The molecule has 0 saturated heterocycles. The normalized spacial score (nSPS) is 12.8. The van der Waals surface area contributed by atoms with Crippen molar-refractivity contribution in [3.05, 3.63) is 21.5 Å². The van der Waals surface area contributed by atoms with Crippen molar-refractivity contribution >= 4 is 5.69 Å². The van der Waals surface area contributed by atoms with Crippen LogP contribution in [0.25, 0.3) is 0 Å². The van der Waals surface area contributed by atoms with E-state index in [-0.39, 0.29) is 16.7 Å². The summed E-state index contributed by atoms with van der Waals surface area (Å²) in [5.74, 6) is 0. The van der Waals surface area contributed by atoms with Crippen molar-refractivity contribution in [1.82, 2.24) is 9.78 Å². The molecule has 6 heteroatoms. The van der Waals surface area contributed by atoms with Crippen LogP contribution < -0.4 is 5.73 Å². The topological polar surface area (TPSA) is 87.0 Å². The molecule has 1 aromatic rings. The van der Waals surface area contributed by atoms with Gasteiger partial charge in [-0.2, -0.15) is 5.10 Å². The van der Waals surface area contributed by atoms with E-state index in [1.165, 1.54) is 0 Å².